The molecule has 1 saturated heterocycles. The third kappa shape index (κ3) is 1.42. The van der Waals surface area contributed by atoms with Gasteiger partial charge in [-0.1, -0.05) is 6.92 Å². The maximum absolute atomic E-state index is 3.47. The molecule has 0 aromatic carbocycles. The van der Waals surface area contributed by atoms with E-state index in [9.17, 15) is 0 Å². The molecular formula is C9H18N2. The monoisotopic (exact) mass is 154 g/mol. The van der Waals surface area contributed by atoms with Crippen LogP contribution in [-0.4, -0.2) is 37.6 Å². The Morgan fingerprint density at radius 3 is 2.73 bits per heavy atom. The molecule has 1 aliphatic heterocycles. The summed E-state index contributed by atoms with van der Waals surface area (Å²) >= 11 is 0. The van der Waals surface area contributed by atoms with Gasteiger partial charge < -0.3 is 10.2 Å². The fourth-order valence-electron chi connectivity index (χ4n) is 2.19. The molecule has 2 nitrogen and oxygen atoms in total. The third-order valence-corrected chi connectivity index (χ3v) is 3.23. The molecule has 3 unspecified atom stereocenters. The van der Waals surface area contributed by atoms with E-state index < -0.39 is 0 Å². The minimum atomic E-state index is 0.832. The van der Waals surface area contributed by atoms with Gasteiger partial charge in [0.05, 0.1) is 0 Å². The maximum Gasteiger partial charge on any atom is 0.0248 e. The molecule has 1 heterocycles. The van der Waals surface area contributed by atoms with E-state index >= 15 is 0 Å². The second-order valence-corrected chi connectivity index (χ2v) is 4.13. The largest absolute Gasteiger partial charge is 0.314 e. The zero-order chi connectivity index (χ0) is 7.84. The molecule has 1 saturated carbocycles. The summed E-state index contributed by atoms with van der Waals surface area (Å²) in [5, 5.41) is 3.47. The minimum Gasteiger partial charge on any atom is -0.314 e. The van der Waals surface area contributed by atoms with E-state index in [2.05, 4.69) is 24.2 Å². The van der Waals surface area contributed by atoms with Gasteiger partial charge in [0.2, 0.25) is 0 Å². The number of hydrogen-bond acceptors (Lipinski definition) is 2. The van der Waals surface area contributed by atoms with Crippen LogP contribution in [0, 0.1) is 11.8 Å². The molecule has 11 heavy (non-hydrogen) atoms. The van der Waals surface area contributed by atoms with Crippen LogP contribution in [0.3, 0.4) is 0 Å². The summed E-state index contributed by atoms with van der Waals surface area (Å²) in [6, 6.07) is 0.832. The summed E-state index contributed by atoms with van der Waals surface area (Å²) in [5.41, 5.74) is 0. The van der Waals surface area contributed by atoms with Crippen LogP contribution in [-0.2, 0) is 0 Å². The molecule has 2 aliphatic rings. The lowest BCUT2D eigenvalue weighted by Crippen LogP contribution is -2.50. The Bertz CT molecular complexity index is 144. The highest BCUT2D eigenvalue weighted by atomic mass is 15.2. The maximum atomic E-state index is 3.47. The van der Waals surface area contributed by atoms with E-state index in [-0.39, 0.29) is 0 Å². The molecule has 2 rings (SSSR count). The van der Waals surface area contributed by atoms with Crippen molar-refractivity contribution >= 4 is 0 Å². The highest BCUT2D eigenvalue weighted by Gasteiger charge is 2.41. The fourth-order valence-corrected chi connectivity index (χ4v) is 2.19. The minimum absolute atomic E-state index is 0.832. The van der Waals surface area contributed by atoms with Crippen LogP contribution >= 0.6 is 0 Å². The lowest BCUT2D eigenvalue weighted by atomic mass is 10.1. The Hall–Kier alpha value is -0.0800. The average molecular weight is 154 g/mol. The van der Waals surface area contributed by atoms with E-state index in [0.717, 1.165) is 17.9 Å². The van der Waals surface area contributed by atoms with Gasteiger partial charge in [0.25, 0.3) is 0 Å². The number of piperazine rings is 1. The second kappa shape index (κ2) is 2.76. The van der Waals surface area contributed by atoms with Gasteiger partial charge in [-0.15, -0.1) is 0 Å². The summed E-state index contributed by atoms with van der Waals surface area (Å²) in [7, 11) is 2.26. The predicted molar refractivity (Wildman–Crippen MR) is 46.6 cm³/mol. The van der Waals surface area contributed by atoms with Gasteiger partial charge in [-0.25, -0.2) is 0 Å². The predicted octanol–water partition coefficient (Wildman–Crippen LogP) is 0.546. The van der Waals surface area contributed by atoms with E-state index in [4.69, 9.17) is 0 Å². The van der Waals surface area contributed by atoms with Crippen molar-refractivity contribution in [1.82, 2.24) is 10.2 Å². The van der Waals surface area contributed by atoms with Gasteiger partial charge in [0.15, 0.2) is 0 Å². The SMILES string of the molecule is CC1CC1C1CNCCN1C. The smallest absolute Gasteiger partial charge is 0.0248 e. The highest BCUT2D eigenvalue weighted by molar-refractivity contribution is 4.95. The van der Waals surface area contributed by atoms with Crippen LogP contribution in [0.2, 0.25) is 0 Å². The van der Waals surface area contributed by atoms with Crippen molar-refractivity contribution in [2.24, 2.45) is 11.8 Å². The van der Waals surface area contributed by atoms with E-state index in [1.54, 1.807) is 0 Å². The molecule has 0 bridgehead atoms. The summed E-state index contributed by atoms with van der Waals surface area (Å²) in [6.07, 6.45) is 1.46. The number of nitrogens with one attached hydrogen (secondary N) is 1. The third-order valence-electron chi connectivity index (χ3n) is 3.23. The van der Waals surface area contributed by atoms with Crippen molar-refractivity contribution in [2.75, 3.05) is 26.7 Å². The van der Waals surface area contributed by atoms with Gasteiger partial charge in [0.1, 0.15) is 0 Å². The molecule has 2 heteroatoms. The van der Waals surface area contributed by atoms with Crippen LogP contribution in [0.25, 0.3) is 0 Å². The first-order chi connectivity index (χ1) is 5.29. The zero-order valence-corrected chi connectivity index (χ0v) is 7.51. The van der Waals surface area contributed by atoms with Crippen LogP contribution in [0.1, 0.15) is 13.3 Å². The van der Waals surface area contributed by atoms with Gasteiger partial charge in [0, 0.05) is 25.7 Å². The van der Waals surface area contributed by atoms with Crippen molar-refractivity contribution in [3.8, 4) is 0 Å². The zero-order valence-electron chi connectivity index (χ0n) is 7.51. The second-order valence-electron chi connectivity index (χ2n) is 4.13. The van der Waals surface area contributed by atoms with Crippen molar-refractivity contribution in [1.29, 1.82) is 0 Å². The summed E-state index contributed by atoms with van der Waals surface area (Å²) < 4.78 is 0. The highest BCUT2D eigenvalue weighted by Crippen LogP contribution is 2.42. The summed E-state index contributed by atoms with van der Waals surface area (Å²) in [4.78, 5) is 2.52. The molecule has 0 aromatic heterocycles. The van der Waals surface area contributed by atoms with Crippen LogP contribution in [0.15, 0.2) is 0 Å². The van der Waals surface area contributed by atoms with Crippen molar-refractivity contribution < 1.29 is 0 Å². The lowest BCUT2D eigenvalue weighted by molar-refractivity contribution is 0.175. The number of nitrogens with zero attached hydrogens (tertiary/aromatic N) is 1. The average Bonchev–Trinajstić information content (AvgIpc) is 2.68. The topological polar surface area (TPSA) is 15.3 Å². The van der Waals surface area contributed by atoms with E-state index in [1.165, 1.54) is 26.1 Å². The van der Waals surface area contributed by atoms with Gasteiger partial charge in [-0.05, 0) is 25.3 Å². The van der Waals surface area contributed by atoms with Gasteiger partial charge in [-0.2, -0.15) is 0 Å². The van der Waals surface area contributed by atoms with Crippen molar-refractivity contribution in [2.45, 2.75) is 19.4 Å². The van der Waals surface area contributed by atoms with Crippen LogP contribution in [0.5, 0.6) is 0 Å². The molecule has 2 fully saturated rings. The number of likely N-dealkylation sites (N-methyl/N-ethyl adjacent to an activating group) is 1. The Morgan fingerprint density at radius 1 is 1.45 bits per heavy atom. The van der Waals surface area contributed by atoms with Crippen LogP contribution in [0.4, 0.5) is 0 Å². The van der Waals surface area contributed by atoms with Crippen molar-refractivity contribution in [3.63, 3.8) is 0 Å². The van der Waals surface area contributed by atoms with Crippen LogP contribution < -0.4 is 5.32 Å². The quantitative estimate of drug-likeness (QED) is 0.593. The molecule has 0 aromatic rings. The van der Waals surface area contributed by atoms with Gasteiger partial charge in [-0.3, -0.25) is 0 Å². The Labute approximate surface area is 69.0 Å². The normalized spacial score (nSPS) is 45.8. The Morgan fingerprint density at radius 2 is 2.18 bits per heavy atom. The first-order valence-corrected chi connectivity index (χ1v) is 4.70. The summed E-state index contributed by atoms with van der Waals surface area (Å²) in [6.45, 7) is 5.99. The van der Waals surface area contributed by atoms with Gasteiger partial charge >= 0.3 is 0 Å². The molecule has 0 radical (unpaired) electrons. The fraction of sp³-hybridized carbons (Fsp3) is 1.00. The molecule has 0 amide bonds. The molecule has 3 atom stereocenters. The molecule has 0 spiro atoms. The van der Waals surface area contributed by atoms with E-state index in [0.29, 0.717) is 0 Å². The first-order valence-electron chi connectivity index (χ1n) is 4.70. The van der Waals surface area contributed by atoms with E-state index in [1.807, 2.05) is 0 Å². The summed E-state index contributed by atoms with van der Waals surface area (Å²) in [5.74, 6) is 1.98. The standard InChI is InChI=1S/C9H18N2/c1-7-5-8(7)9-6-10-3-4-11(9)2/h7-10H,3-6H2,1-2H3. The Kier molecular flexibility index (Phi) is 1.90. The molecule has 1 aliphatic carbocycles. The lowest BCUT2D eigenvalue weighted by Gasteiger charge is -2.33. The molecule has 64 valence electrons. The first kappa shape index (κ1) is 7.56. The number of rotatable bonds is 1. The van der Waals surface area contributed by atoms with Crippen molar-refractivity contribution in [3.05, 3.63) is 0 Å². The molecular weight excluding hydrogens is 136 g/mol. The Balaban J connectivity index is 1.90. The number of hydrogen-bond donors (Lipinski definition) is 1. The molecule has 1 N–H and O–H groups in total.